The van der Waals surface area contributed by atoms with Crippen molar-refractivity contribution in [3.05, 3.63) is 0 Å². The van der Waals surface area contributed by atoms with E-state index in [9.17, 15) is 0 Å². The maximum absolute atomic E-state index is 5.17. The van der Waals surface area contributed by atoms with Gasteiger partial charge in [-0.1, -0.05) is 0 Å². The zero-order valence-corrected chi connectivity index (χ0v) is 9.15. The zero-order valence-electron chi connectivity index (χ0n) is 9.15. The summed E-state index contributed by atoms with van der Waals surface area (Å²) in [4.78, 5) is 0. The minimum absolute atomic E-state index is 0. The van der Waals surface area contributed by atoms with Crippen molar-refractivity contribution in [3.8, 4) is 0 Å². The lowest BCUT2D eigenvalue weighted by Gasteiger charge is -1.92. The van der Waals surface area contributed by atoms with Gasteiger partial charge < -0.3 is 34.4 Å². The summed E-state index contributed by atoms with van der Waals surface area (Å²) in [7, 11) is 0. The molecule has 87 valence electrons. The summed E-state index contributed by atoms with van der Waals surface area (Å²) < 4.78 is 0. The lowest BCUT2D eigenvalue weighted by atomic mass is 10.4. The van der Waals surface area contributed by atoms with Crippen LogP contribution in [0.5, 0.6) is 0 Å². The third-order valence-corrected chi connectivity index (χ3v) is 0.705. The Bertz CT molecular complexity index is 56.1. The minimum atomic E-state index is 0. The van der Waals surface area contributed by atoms with Gasteiger partial charge in [0, 0.05) is 47.2 Å². The van der Waals surface area contributed by atoms with Crippen LogP contribution in [-0.4, -0.2) is 47.2 Å². The summed E-state index contributed by atoms with van der Waals surface area (Å²) in [5.41, 5.74) is 29.8. The standard InChI is InChI=1S/C3H10N2.2C2H8N2.B/c1-3(5)2-4;2*3-1-2-4;/h3H,2,4-5H2,1H3;2*1-4H2;. The summed E-state index contributed by atoms with van der Waals surface area (Å²) in [5.74, 6) is 0. The fourth-order valence-corrected chi connectivity index (χ4v) is 0. The average Bonchev–Trinajstić information content (AvgIpc) is 2.18. The maximum Gasteiger partial charge on any atom is 0.0134 e. The van der Waals surface area contributed by atoms with Crippen molar-refractivity contribution in [1.82, 2.24) is 0 Å². The van der Waals surface area contributed by atoms with Crippen LogP contribution in [0, 0.1) is 0 Å². The van der Waals surface area contributed by atoms with Gasteiger partial charge in [0.05, 0.1) is 0 Å². The molecule has 0 aliphatic rings. The van der Waals surface area contributed by atoms with Crippen LogP contribution >= 0.6 is 0 Å². The molecular weight excluding hydrogens is 179 g/mol. The predicted octanol–water partition coefficient (Wildman–Crippen LogP) is -3.28. The second-order valence-corrected chi connectivity index (χ2v) is 2.37. The van der Waals surface area contributed by atoms with E-state index < -0.39 is 0 Å². The third kappa shape index (κ3) is 94.7. The molecule has 0 aromatic heterocycles. The summed E-state index contributed by atoms with van der Waals surface area (Å²) in [5, 5.41) is 0. The molecule has 0 fully saturated rings. The topological polar surface area (TPSA) is 156 Å². The van der Waals surface area contributed by atoms with Gasteiger partial charge in [0.25, 0.3) is 0 Å². The van der Waals surface area contributed by atoms with Gasteiger partial charge in [0.15, 0.2) is 0 Å². The number of nitrogens with two attached hydrogens (primary N) is 6. The quantitative estimate of drug-likeness (QED) is 0.265. The van der Waals surface area contributed by atoms with Gasteiger partial charge in [-0.3, -0.25) is 0 Å². The second-order valence-electron chi connectivity index (χ2n) is 2.37. The largest absolute Gasteiger partial charge is 0.329 e. The first-order valence-corrected chi connectivity index (χ1v) is 4.36. The van der Waals surface area contributed by atoms with E-state index >= 15 is 0 Å². The highest BCUT2D eigenvalue weighted by molar-refractivity contribution is 5.75. The first-order valence-electron chi connectivity index (χ1n) is 4.36. The lowest BCUT2D eigenvalue weighted by Crippen LogP contribution is -2.25. The molecule has 0 aromatic rings. The van der Waals surface area contributed by atoms with Crippen LogP contribution in [-0.2, 0) is 0 Å². The fourth-order valence-electron chi connectivity index (χ4n) is 0. The van der Waals surface area contributed by atoms with Gasteiger partial charge >= 0.3 is 0 Å². The first kappa shape index (κ1) is 23.6. The highest BCUT2D eigenvalue weighted by Crippen LogP contribution is 1.59. The Kier molecular flexibility index (Phi) is 49.3. The van der Waals surface area contributed by atoms with Gasteiger partial charge in [-0.15, -0.1) is 0 Å². The van der Waals surface area contributed by atoms with E-state index in [0.717, 1.165) is 0 Å². The van der Waals surface area contributed by atoms with Crippen molar-refractivity contribution in [2.75, 3.05) is 32.7 Å². The Morgan fingerprint density at radius 2 is 0.929 bits per heavy atom. The molecule has 0 aliphatic heterocycles. The lowest BCUT2D eigenvalue weighted by molar-refractivity contribution is 0.752. The fraction of sp³-hybridized carbons (Fsp3) is 1.00. The maximum atomic E-state index is 5.17. The average molecular weight is 205 g/mol. The van der Waals surface area contributed by atoms with Crippen molar-refractivity contribution in [2.45, 2.75) is 13.0 Å². The molecule has 0 aliphatic carbocycles. The molecule has 1 atom stereocenters. The van der Waals surface area contributed by atoms with Crippen molar-refractivity contribution < 1.29 is 0 Å². The predicted molar refractivity (Wildman–Crippen MR) is 64.7 cm³/mol. The van der Waals surface area contributed by atoms with Crippen LogP contribution in [0.15, 0.2) is 0 Å². The number of hydrogen-bond acceptors (Lipinski definition) is 6. The van der Waals surface area contributed by atoms with E-state index in [1.165, 1.54) is 0 Å². The molecule has 0 amide bonds. The number of rotatable bonds is 3. The van der Waals surface area contributed by atoms with E-state index in [1.54, 1.807) is 0 Å². The Morgan fingerprint density at radius 1 is 0.786 bits per heavy atom. The molecular formula is C7H26BN6. The van der Waals surface area contributed by atoms with Gasteiger partial charge in [0.2, 0.25) is 0 Å². The minimum Gasteiger partial charge on any atom is -0.329 e. The molecule has 0 heterocycles. The summed E-state index contributed by atoms with van der Waals surface area (Å²) in [6.07, 6.45) is 0. The Balaban J connectivity index is -0.0000000522. The highest BCUT2D eigenvalue weighted by Gasteiger charge is 1.79. The monoisotopic (exact) mass is 205 g/mol. The molecule has 14 heavy (non-hydrogen) atoms. The molecule has 0 aromatic carbocycles. The van der Waals surface area contributed by atoms with Gasteiger partial charge in [-0.2, -0.15) is 0 Å². The second kappa shape index (κ2) is 29.3. The SMILES string of the molecule is CC(N)CN.NCCN.NCCN.[B]. The van der Waals surface area contributed by atoms with Gasteiger partial charge in [-0.25, -0.2) is 0 Å². The molecule has 7 heteroatoms. The van der Waals surface area contributed by atoms with Crippen LogP contribution in [0.3, 0.4) is 0 Å². The normalized spacial score (nSPS) is 9.64. The Labute approximate surface area is 89.3 Å². The first-order chi connectivity index (χ1) is 6.10. The molecule has 0 rings (SSSR count). The van der Waals surface area contributed by atoms with Crippen molar-refractivity contribution in [3.63, 3.8) is 0 Å². The molecule has 6 nitrogen and oxygen atoms in total. The van der Waals surface area contributed by atoms with Crippen LogP contribution in [0.2, 0.25) is 0 Å². The summed E-state index contributed by atoms with van der Waals surface area (Å²) in [6.45, 7) is 4.85. The van der Waals surface area contributed by atoms with Gasteiger partial charge in [-0.05, 0) is 6.92 Å². The smallest absolute Gasteiger partial charge is 0.0134 e. The van der Waals surface area contributed by atoms with Crippen LogP contribution in [0.4, 0.5) is 0 Å². The van der Waals surface area contributed by atoms with E-state index in [-0.39, 0.29) is 14.5 Å². The van der Waals surface area contributed by atoms with Gasteiger partial charge in [0.1, 0.15) is 0 Å². The van der Waals surface area contributed by atoms with Crippen molar-refractivity contribution in [1.29, 1.82) is 0 Å². The molecule has 12 N–H and O–H groups in total. The highest BCUT2D eigenvalue weighted by atomic mass is 14.7. The molecule has 3 radical (unpaired) electrons. The van der Waals surface area contributed by atoms with Crippen LogP contribution in [0.1, 0.15) is 6.92 Å². The summed E-state index contributed by atoms with van der Waals surface area (Å²) in [6, 6.07) is 0.162. The molecule has 0 spiro atoms. The van der Waals surface area contributed by atoms with Crippen molar-refractivity contribution in [2.24, 2.45) is 34.4 Å². The van der Waals surface area contributed by atoms with Crippen LogP contribution < -0.4 is 34.4 Å². The Morgan fingerprint density at radius 3 is 0.929 bits per heavy atom. The van der Waals surface area contributed by atoms with Crippen LogP contribution in [0.25, 0.3) is 0 Å². The Hall–Kier alpha value is -0.175. The molecule has 0 bridgehead atoms. The van der Waals surface area contributed by atoms with E-state index in [4.69, 9.17) is 34.4 Å². The van der Waals surface area contributed by atoms with E-state index in [2.05, 4.69) is 0 Å². The molecule has 0 saturated carbocycles. The third-order valence-electron chi connectivity index (χ3n) is 0.705. The van der Waals surface area contributed by atoms with E-state index in [1.807, 2.05) is 6.92 Å². The molecule has 1 unspecified atom stereocenters. The number of hydrogen-bond donors (Lipinski definition) is 6. The van der Waals surface area contributed by atoms with Crippen molar-refractivity contribution >= 4 is 8.41 Å². The van der Waals surface area contributed by atoms with E-state index in [0.29, 0.717) is 32.7 Å². The summed E-state index contributed by atoms with van der Waals surface area (Å²) >= 11 is 0. The zero-order chi connectivity index (χ0) is 11.1. The molecule has 0 saturated heterocycles.